The highest BCUT2D eigenvalue weighted by atomic mass is 16.5. The molecule has 1 saturated carbocycles. The van der Waals surface area contributed by atoms with Crippen molar-refractivity contribution in [1.82, 2.24) is 5.32 Å². The van der Waals surface area contributed by atoms with E-state index in [0.717, 1.165) is 30.5 Å². The quantitative estimate of drug-likeness (QED) is 0.806. The summed E-state index contributed by atoms with van der Waals surface area (Å²) in [5, 5.41) is 2.97. The number of esters is 1. The number of carbonyl (C=O) groups is 3. The van der Waals surface area contributed by atoms with Crippen molar-refractivity contribution in [2.75, 3.05) is 18.1 Å². The number of nitrogens with zero attached hydrogens (tertiary/aromatic N) is 1. The van der Waals surface area contributed by atoms with Crippen molar-refractivity contribution < 1.29 is 19.1 Å². The first kappa shape index (κ1) is 19.4. The third-order valence-corrected chi connectivity index (χ3v) is 5.61. The Kier molecular flexibility index (Phi) is 6.14. The molecule has 0 radical (unpaired) electrons. The Labute approximate surface area is 160 Å². The van der Waals surface area contributed by atoms with Gasteiger partial charge in [-0.1, -0.05) is 37.5 Å². The maximum absolute atomic E-state index is 12.3. The number of ether oxygens (including phenoxy) is 1. The molecule has 0 spiro atoms. The SMILES string of the molecule is Cc1ccc(N2C[C@H](C(=O)OCC(=O)N[C@H]3CCCC[C@@H]3C)CC2=O)cc1. The van der Waals surface area contributed by atoms with E-state index in [9.17, 15) is 14.4 Å². The van der Waals surface area contributed by atoms with Crippen molar-refractivity contribution in [3.05, 3.63) is 29.8 Å². The van der Waals surface area contributed by atoms with Gasteiger partial charge in [0, 0.05) is 24.7 Å². The molecule has 3 rings (SSSR count). The fourth-order valence-corrected chi connectivity index (χ4v) is 3.87. The highest BCUT2D eigenvalue weighted by molar-refractivity contribution is 5.99. The summed E-state index contributed by atoms with van der Waals surface area (Å²) >= 11 is 0. The zero-order valence-electron chi connectivity index (χ0n) is 16.1. The molecule has 2 fully saturated rings. The van der Waals surface area contributed by atoms with Gasteiger partial charge in [0.15, 0.2) is 6.61 Å². The van der Waals surface area contributed by atoms with Gasteiger partial charge >= 0.3 is 5.97 Å². The fourth-order valence-electron chi connectivity index (χ4n) is 3.87. The Morgan fingerprint density at radius 3 is 2.59 bits per heavy atom. The molecular weight excluding hydrogens is 344 g/mol. The van der Waals surface area contributed by atoms with Gasteiger partial charge in [0.1, 0.15) is 0 Å². The second-order valence-corrected chi connectivity index (χ2v) is 7.78. The number of rotatable bonds is 5. The largest absolute Gasteiger partial charge is 0.455 e. The number of hydrogen-bond acceptors (Lipinski definition) is 4. The van der Waals surface area contributed by atoms with Crippen LogP contribution >= 0.6 is 0 Å². The minimum Gasteiger partial charge on any atom is -0.455 e. The van der Waals surface area contributed by atoms with E-state index < -0.39 is 11.9 Å². The maximum Gasteiger partial charge on any atom is 0.311 e. The number of hydrogen-bond donors (Lipinski definition) is 1. The third kappa shape index (κ3) is 4.87. The number of anilines is 1. The smallest absolute Gasteiger partial charge is 0.311 e. The molecule has 1 saturated heterocycles. The number of amides is 2. The zero-order valence-corrected chi connectivity index (χ0v) is 16.1. The standard InChI is InChI=1S/C21H28N2O4/c1-14-7-9-17(10-8-14)23-12-16(11-20(23)25)21(26)27-13-19(24)22-18-6-4-3-5-15(18)2/h7-10,15-16,18H,3-6,11-13H2,1-2H3,(H,22,24)/t15-,16+,18-/m0/s1. The molecular formula is C21H28N2O4. The molecule has 1 aliphatic heterocycles. The first-order chi connectivity index (χ1) is 12.9. The predicted molar refractivity (Wildman–Crippen MR) is 102 cm³/mol. The van der Waals surface area contributed by atoms with E-state index in [-0.39, 0.29) is 30.9 Å². The highest BCUT2D eigenvalue weighted by Crippen LogP contribution is 2.26. The maximum atomic E-state index is 12.3. The average molecular weight is 372 g/mol. The van der Waals surface area contributed by atoms with Crippen molar-refractivity contribution in [2.24, 2.45) is 11.8 Å². The molecule has 0 unspecified atom stereocenters. The van der Waals surface area contributed by atoms with Crippen LogP contribution in [0, 0.1) is 18.8 Å². The van der Waals surface area contributed by atoms with Crippen molar-refractivity contribution in [3.63, 3.8) is 0 Å². The Morgan fingerprint density at radius 1 is 1.19 bits per heavy atom. The molecule has 1 aliphatic carbocycles. The molecule has 27 heavy (non-hydrogen) atoms. The van der Waals surface area contributed by atoms with Crippen molar-refractivity contribution in [1.29, 1.82) is 0 Å². The first-order valence-corrected chi connectivity index (χ1v) is 9.77. The lowest BCUT2D eigenvalue weighted by atomic mass is 9.86. The van der Waals surface area contributed by atoms with Gasteiger partial charge in [0.2, 0.25) is 5.91 Å². The van der Waals surface area contributed by atoms with Gasteiger partial charge in [-0.05, 0) is 37.8 Å². The molecule has 6 heteroatoms. The summed E-state index contributed by atoms with van der Waals surface area (Å²) in [5.74, 6) is -0.915. The third-order valence-electron chi connectivity index (χ3n) is 5.61. The van der Waals surface area contributed by atoms with E-state index in [1.807, 2.05) is 31.2 Å². The molecule has 1 heterocycles. The normalized spacial score (nSPS) is 25.3. The molecule has 0 bridgehead atoms. The molecule has 0 aromatic heterocycles. The van der Waals surface area contributed by atoms with Crippen LogP contribution in [-0.4, -0.2) is 37.0 Å². The second-order valence-electron chi connectivity index (χ2n) is 7.78. The van der Waals surface area contributed by atoms with Crippen LogP contribution in [0.5, 0.6) is 0 Å². The number of carbonyl (C=O) groups excluding carboxylic acids is 3. The molecule has 1 aromatic carbocycles. The van der Waals surface area contributed by atoms with Crippen molar-refractivity contribution in [3.8, 4) is 0 Å². The minimum absolute atomic E-state index is 0.0960. The summed E-state index contributed by atoms with van der Waals surface area (Å²) in [4.78, 5) is 38.3. The summed E-state index contributed by atoms with van der Waals surface area (Å²) < 4.78 is 5.19. The van der Waals surface area contributed by atoms with E-state index >= 15 is 0 Å². The minimum atomic E-state index is -0.528. The monoisotopic (exact) mass is 372 g/mol. The number of aryl methyl sites for hydroxylation is 1. The highest BCUT2D eigenvalue weighted by Gasteiger charge is 2.36. The van der Waals surface area contributed by atoms with Gasteiger partial charge in [-0.15, -0.1) is 0 Å². The van der Waals surface area contributed by atoms with E-state index in [1.54, 1.807) is 4.90 Å². The molecule has 6 nitrogen and oxygen atoms in total. The summed E-state index contributed by atoms with van der Waals surface area (Å²) in [6.45, 7) is 4.13. The van der Waals surface area contributed by atoms with Crippen LogP contribution in [-0.2, 0) is 19.1 Å². The van der Waals surface area contributed by atoms with Crippen LogP contribution in [0.25, 0.3) is 0 Å². The van der Waals surface area contributed by atoms with E-state index in [2.05, 4.69) is 12.2 Å². The molecule has 1 aromatic rings. The van der Waals surface area contributed by atoms with Gasteiger partial charge in [0.25, 0.3) is 5.91 Å². The van der Waals surface area contributed by atoms with Gasteiger partial charge < -0.3 is 15.0 Å². The molecule has 146 valence electrons. The van der Waals surface area contributed by atoms with Crippen molar-refractivity contribution in [2.45, 2.75) is 52.0 Å². The van der Waals surface area contributed by atoms with Crippen LogP contribution in [0.15, 0.2) is 24.3 Å². The van der Waals surface area contributed by atoms with Crippen LogP contribution in [0.3, 0.4) is 0 Å². The van der Waals surface area contributed by atoms with Gasteiger partial charge in [-0.2, -0.15) is 0 Å². The van der Waals surface area contributed by atoms with Gasteiger partial charge in [-0.25, -0.2) is 0 Å². The Bertz CT molecular complexity index is 701. The Morgan fingerprint density at radius 2 is 1.89 bits per heavy atom. The van der Waals surface area contributed by atoms with Crippen LogP contribution < -0.4 is 10.2 Å². The Hall–Kier alpha value is -2.37. The lowest BCUT2D eigenvalue weighted by Crippen LogP contribution is -2.43. The van der Waals surface area contributed by atoms with E-state index in [0.29, 0.717) is 12.5 Å². The summed E-state index contributed by atoms with van der Waals surface area (Å²) in [7, 11) is 0. The zero-order chi connectivity index (χ0) is 19.4. The fraction of sp³-hybridized carbons (Fsp3) is 0.571. The van der Waals surface area contributed by atoms with E-state index in [4.69, 9.17) is 4.74 Å². The lowest BCUT2D eigenvalue weighted by Gasteiger charge is -2.29. The van der Waals surface area contributed by atoms with Gasteiger partial charge in [0.05, 0.1) is 5.92 Å². The van der Waals surface area contributed by atoms with Gasteiger partial charge in [-0.3, -0.25) is 14.4 Å². The number of nitrogens with one attached hydrogen (secondary N) is 1. The molecule has 1 N–H and O–H groups in total. The van der Waals surface area contributed by atoms with Crippen LogP contribution in [0.1, 0.15) is 44.6 Å². The molecule has 2 aliphatic rings. The van der Waals surface area contributed by atoms with Crippen LogP contribution in [0.4, 0.5) is 5.69 Å². The van der Waals surface area contributed by atoms with E-state index in [1.165, 1.54) is 6.42 Å². The second kappa shape index (κ2) is 8.55. The summed E-state index contributed by atoms with van der Waals surface area (Å²) in [6, 6.07) is 7.78. The number of benzene rings is 1. The lowest BCUT2D eigenvalue weighted by molar-refractivity contribution is -0.152. The summed E-state index contributed by atoms with van der Waals surface area (Å²) in [5.41, 5.74) is 1.89. The van der Waals surface area contributed by atoms with Crippen LogP contribution in [0.2, 0.25) is 0 Å². The predicted octanol–water partition coefficient (Wildman–Crippen LogP) is 2.59. The average Bonchev–Trinajstić information content (AvgIpc) is 3.04. The first-order valence-electron chi connectivity index (χ1n) is 9.77. The Balaban J connectivity index is 1.47. The topological polar surface area (TPSA) is 75.7 Å². The summed E-state index contributed by atoms with van der Waals surface area (Å²) in [6.07, 6.45) is 4.53. The van der Waals surface area contributed by atoms with Crippen molar-refractivity contribution >= 4 is 23.5 Å². The molecule has 3 atom stereocenters. The molecule has 2 amide bonds.